The van der Waals surface area contributed by atoms with Gasteiger partial charge in [-0.15, -0.1) is 11.3 Å². The van der Waals surface area contributed by atoms with E-state index in [-0.39, 0.29) is 11.9 Å². The standard InChI is InChI=1S/C19H20FN5O2S/c1-10-15-18(23-9-24-19(15)28-16(10)17(21)26)25-13-5-4-11(20)7-14(13)27-12-3-2-6-22-8-12/h4-5,7,9,12,22H,2-3,6,8H2,1H3,(H2,21,26)(H,23,24,25)/t12-/m0/s1. The van der Waals surface area contributed by atoms with Crippen molar-refractivity contribution in [3.8, 4) is 5.75 Å². The molecule has 4 rings (SSSR count). The number of nitrogens with two attached hydrogens (primary N) is 1. The number of nitrogens with one attached hydrogen (secondary N) is 2. The molecule has 0 aliphatic carbocycles. The van der Waals surface area contributed by atoms with Crippen LogP contribution < -0.4 is 21.1 Å². The molecule has 0 saturated carbocycles. The van der Waals surface area contributed by atoms with Crippen LogP contribution in [0.2, 0.25) is 0 Å². The molecule has 3 aromatic rings. The molecule has 0 unspecified atom stereocenters. The lowest BCUT2D eigenvalue weighted by atomic mass is 10.1. The number of thiophene rings is 1. The van der Waals surface area contributed by atoms with Gasteiger partial charge in [0.05, 0.1) is 16.0 Å². The second-order valence-electron chi connectivity index (χ2n) is 6.67. The van der Waals surface area contributed by atoms with Crippen molar-refractivity contribution >= 4 is 39.0 Å². The minimum atomic E-state index is -0.498. The Labute approximate surface area is 165 Å². The van der Waals surface area contributed by atoms with Crippen molar-refractivity contribution in [2.24, 2.45) is 5.73 Å². The molecule has 1 atom stereocenters. The monoisotopic (exact) mass is 401 g/mol. The molecule has 4 N–H and O–H groups in total. The van der Waals surface area contributed by atoms with Gasteiger partial charge in [-0.05, 0) is 44.0 Å². The Morgan fingerprint density at radius 1 is 1.43 bits per heavy atom. The number of amides is 1. The largest absolute Gasteiger partial charge is 0.487 e. The summed E-state index contributed by atoms with van der Waals surface area (Å²) >= 11 is 1.23. The molecule has 9 heteroatoms. The van der Waals surface area contributed by atoms with Crippen molar-refractivity contribution in [2.75, 3.05) is 18.4 Å². The molecule has 7 nitrogen and oxygen atoms in total. The first-order valence-corrected chi connectivity index (χ1v) is 9.82. The smallest absolute Gasteiger partial charge is 0.259 e. The zero-order valence-electron chi connectivity index (χ0n) is 15.3. The third-order valence-electron chi connectivity index (χ3n) is 4.69. The van der Waals surface area contributed by atoms with E-state index in [2.05, 4.69) is 20.6 Å². The van der Waals surface area contributed by atoms with Crippen molar-refractivity contribution in [3.05, 3.63) is 40.8 Å². The highest BCUT2D eigenvalue weighted by atomic mass is 32.1. The number of carbonyl (C=O) groups excluding carboxylic acids is 1. The van der Waals surface area contributed by atoms with Gasteiger partial charge in [-0.2, -0.15) is 0 Å². The molecule has 0 bridgehead atoms. The molecule has 0 radical (unpaired) electrons. The number of carbonyl (C=O) groups is 1. The maximum Gasteiger partial charge on any atom is 0.259 e. The van der Waals surface area contributed by atoms with Crippen molar-refractivity contribution < 1.29 is 13.9 Å². The van der Waals surface area contributed by atoms with Crippen LogP contribution in [-0.4, -0.2) is 35.1 Å². The molecular weight excluding hydrogens is 381 g/mol. The van der Waals surface area contributed by atoms with Gasteiger partial charge in [0, 0.05) is 12.6 Å². The van der Waals surface area contributed by atoms with E-state index in [0.29, 0.717) is 27.0 Å². The number of benzene rings is 1. The normalized spacial score (nSPS) is 16.9. The number of primary amides is 1. The second-order valence-corrected chi connectivity index (χ2v) is 7.67. The van der Waals surface area contributed by atoms with Gasteiger partial charge >= 0.3 is 0 Å². The van der Waals surface area contributed by atoms with E-state index in [0.717, 1.165) is 36.9 Å². The molecule has 1 fully saturated rings. The maximum absolute atomic E-state index is 13.9. The van der Waals surface area contributed by atoms with Crippen LogP contribution in [0.15, 0.2) is 24.5 Å². The van der Waals surface area contributed by atoms with Gasteiger partial charge in [0.2, 0.25) is 0 Å². The molecule has 1 aliphatic heterocycles. The summed E-state index contributed by atoms with van der Waals surface area (Å²) in [6, 6.07) is 4.35. The van der Waals surface area contributed by atoms with Crippen LogP contribution in [0.3, 0.4) is 0 Å². The molecule has 1 saturated heterocycles. The molecule has 3 heterocycles. The van der Waals surface area contributed by atoms with Gasteiger partial charge in [-0.3, -0.25) is 4.79 Å². The van der Waals surface area contributed by atoms with E-state index < -0.39 is 5.91 Å². The molecule has 1 amide bonds. The summed E-state index contributed by atoms with van der Waals surface area (Å²) in [5, 5.41) is 7.22. The van der Waals surface area contributed by atoms with E-state index in [4.69, 9.17) is 10.5 Å². The Morgan fingerprint density at radius 3 is 3.04 bits per heavy atom. The number of aromatic nitrogens is 2. The van der Waals surface area contributed by atoms with Gasteiger partial charge < -0.3 is 21.1 Å². The molecule has 0 spiro atoms. The maximum atomic E-state index is 13.9. The number of fused-ring (bicyclic) bond motifs is 1. The Bertz CT molecular complexity index is 1030. The van der Waals surface area contributed by atoms with Crippen LogP contribution >= 0.6 is 11.3 Å². The van der Waals surface area contributed by atoms with Crippen molar-refractivity contribution in [1.29, 1.82) is 0 Å². The molecule has 2 aromatic heterocycles. The fourth-order valence-corrected chi connectivity index (χ4v) is 4.33. The van der Waals surface area contributed by atoms with Crippen LogP contribution in [0.4, 0.5) is 15.9 Å². The molecular formula is C19H20FN5O2S. The number of piperidine rings is 1. The number of hydrogen-bond donors (Lipinski definition) is 3. The van der Waals surface area contributed by atoms with Gasteiger partial charge in [-0.1, -0.05) is 0 Å². The lowest BCUT2D eigenvalue weighted by Crippen LogP contribution is -2.37. The summed E-state index contributed by atoms with van der Waals surface area (Å²) in [5.74, 6) is 0.0647. The third-order valence-corrected chi connectivity index (χ3v) is 5.91. The predicted octanol–water partition coefficient (Wildman–Crippen LogP) is 3.11. The first-order valence-electron chi connectivity index (χ1n) is 9.01. The summed E-state index contributed by atoms with van der Waals surface area (Å²) < 4.78 is 19.9. The minimum absolute atomic E-state index is 0.0223. The van der Waals surface area contributed by atoms with E-state index in [1.807, 2.05) is 6.92 Å². The Morgan fingerprint density at radius 2 is 2.29 bits per heavy atom. The third kappa shape index (κ3) is 3.63. The first-order chi connectivity index (χ1) is 13.5. The van der Waals surface area contributed by atoms with Crippen LogP contribution in [0, 0.1) is 12.7 Å². The summed E-state index contributed by atoms with van der Waals surface area (Å²) in [7, 11) is 0. The van der Waals surface area contributed by atoms with E-state index in [9.17, 15) is 9.18 Å². The van der Waals surface area contributed by atoms with Crippen LogP contribution in [-0.2, 0) is 0 Å². The van der Waals surface area contributed by atoms with Gasteiger partial charge in [0.25, 0.3) is 5.91 Å². The highest BCUT2D eigenvalue weighted by molar-refractivity contribution is 7.20. The van der Waals surface area contributed by atoms with Crippen LogP contribution in [0.5, 0.6) is 5.75 Å². The Hall–Kier alpha value is -2.78. The average Bonchev–Trinajstić information content (AvgIpc) is 3.03. The number of ether oxygens (including phenoxy) is 1. The van der Waals surface area contributed by atoms with Gasteiger partial charge in [0.15, 0.2) is 0 Å². The summed E-state index contributed by atoms with van der Waals surface area (Å²) in [5.41, 5.74) is 6.78. The highest BCUT2D eigenvalue weighted by Gasteiger charge is 2.20. The highest BCUT2D eigenvalue weighted by Crippen LogP contribution is 2.36. The fourth-order valence-electron chi connectivity index (χ4n) is 3.33. The predicted molar refractivity (Wildman–Crippen MR) is 107 cm³/mol. The Balaban J connectivity index is 1.70. The second kappa shape index (κ2) is 7.69. The van der Waals surface area contributed by atoms with Crippen LogP contribution in [0.25, 0.3) is 10.2 Å². The zero-order valence-corrected chi connectivity index (χ0v) is 16.1. The summed E-state index contributed by atoms with van der Waals surface area (Å²) in [6.07, 6.45) is 3.32. The summed E-state index contributed by atoms with van der Waals surface area (Å²) in [4.78, 5) is 21.3. The Kier molecular flexibility index (Phi) is 5.10. The molecule has 1 aromatic carbocycles. The summed E-state index contributed by atoms with van der Waals surface area (Å²) in [6.45, 7) is 3.50. The van der Waals surface area contributed by atoms with E-state index in [1.54, 1.807) is 6.07 Å². The van der Waals surface area contributed by atoms with Gasteiger partial charge in [0.1, 0.15) is 34.6 Å². The molecule has 146 valence electrons. The quantitative estimate of drug-likeness (QED) is 0.607. The fraction of sp³-hybridized carbons (Fsp3) is 0.316. The van der Waals surface area contributed by atoms with E-state index >= 15 is 0 Å². The number of aryl methyl sites for hydroxylation is 1. The number of halogens is 1. The van der Waals surface area contributed by atoms with Crippen molar-refractivity contribution in [3.63, 3.8) is 0 Å². The van der Waals surface area contributed by atoms with E-state index in [1.165, 1.54) is 29.8 Å². The SMILES string of the molecule is Cc1c(C(N)=O)sc2ncnc(Nc3ccc(F)cc3O[C@H]3CCCNC3)c12. The topological polar surface area (TPSA) is 102 Å². The van der Waals surface area contributed by atoms with Crippen molar-refractivity contribution in [2.45, 2.75) is 25.9 Å². The van der Waals surface area contributed by atoms with Crippen molar-refractivity contribution in [1.82, 2.24) is 15.3 Å². The molecule has 1 aliphatic rings. The molecule has 28 heavy (non-hydrogen) atoms. The van der Waals surface area contributed by atoms with Crippen LogP contribution in [0.1, 0.15) is 28.1 Å². The lowest BCUT2D eigenvalue weighted by Gasteiger charge is -2.25. The minimum Gasteiger partial charge on any atom is -0.487 e. The number of nitrogens with zero attached hydrogens (tertiary/aromatic N) is 2. The number of rotatable bonds is 5. The lowest BCUT2D eigenvalue weighted by molar-refractivity contribution is 0.100. The first kappa shape index (κ1) is 18.6. The average molecular weight is 401 g/mol. The zero-order chi connectivity index (χ0) is 19.7. The number of hydrogen-bond acceptors (Lipinski definition) is 7. The van der Waals surface area contributed by atoms with Gasteiger partial charge in [-0.25, -0.2) is 14.4 Å². The number of anilines is 2.